The zero-order valence-corrected chi connectivity index (χ0v) is 11.7. The van der Waals surface area contributed by atoms with Gasteiger partial charge in [0, 0.05) is 0 Å². The average molecular weight is 320 g/mol. The molecular weight excluding hydrogens is 311 g/mol. The first-order chi connectivity index (χ1) is 11.0. The van der Waals surface area contributed by atoms with Gasteiger partial charge in [-0.1, -0.05) is 0 Å². The monoisotopic (exact) mass is 320 g/mol. The van der Waals surface area contributed by atoms with Gasteiger partial charge in [0.2, 0.25) is 5.91 Å². The van der Waals surface area contributed by atoms with E-state index in [-0.39, 0.29) is 11.4 Å². The van der Waals surface area contributed by atoms with Crippen LogP contribution >= 0.6 is 0 Å². The number of carbonyl (C=O) groups is 3. The van der Waals surface area contributed by atoms with Gasteiger partial charge in [-0.15, -0.1) is 15.1 Å². The maximum Gasteiger partial charge on any atom is 0.355 e. The molecule has 23 heavy (non-hydrogen) atoms. The van der Waals surface area contributed by atoms with Crippen LogP contribution in [0, 0.1) is 16.6 Å². The van der Waals surface area contributed by atoms with E-state index in [0.717, 1.165) is 24.1 Å². The third-order valence-electron chi connectivity index (χ3n) is 3.59. The molecule has 2 amide bonds. The Bertz CT molecular complexity index is 747. The van der Waals surface area contributed by atoms with Gasteiger partial charge in [0.25, 0.3) is 5.91 Å². The molecule has 0 spiro atoms. The quantitative estimate of drug-likeness (QED) is 0.447. The number of amides is 2. The first kappa shape index (κ1) is 14.8. The zero-order valence-electron chi connectivity index (χ0n) is 11.7. The van der Waals surface area contributed by atoms with Crippen molar-refractivity contribution in [3.8, 4) is 0 Å². The Morgan fingerprint density at radius 1 is 1.26 bits per heavy atom. The van der Waals surface area contributed by atoms with Gasteiger partial charge in [0.1, 0.15) is 11.7 Å². The van der Waals surface area contributed by atoms with E-state index in [1.165, 1.54) is 12.1 Å². The van der Waals surface area contributed by atoms with Crippen LogP contribution in [0.1, 0.15) is 0 Å². The topological polar surface area (TPSA) is 109 Å². The van der Waals surface area contributed by atoms with Crippen molar-refractivity contribution >= 4 is 29.2 Å². The fraction of sp³-hybridized carbons (Fsp3) is 0.231. The predicted octanol–water partition coefficient (Wildman–Crippen LogP) is 0.210. The van der Waals surface area contributed by atoms with Gasteiger partial charge in [-0.05, 0) is 24.3 Å². The Morgan fingerprint density at radius 3 is 2.48 bits per heavy atom. The summed E-state index contributed by atoms with van der Waals surface area (Å²) in [6.07, 6.45) is 0. The van der Waals surface area contributed by atoms with Crippen molar-refractivity contribution in [1.29, 1.82) is 0 Å². The van der Waals surface area contributed by atoms with E-state index < -0.39 is 35.6 Å². The van der Waals surface area contributed by atoms with E-state index in [9.17, 15) is 23.7 Å². The molecule has 0 saturated carbocycles. The number of benzene rings is 1. The summed E-state index contributed by atoms with van der Waals surface area (Å²) in [5.74, 6) is -4.32. The Balaban J connectivity index is 2.03. The Hall–Kier alpha value is -3.17. The van der Waals surface area contributed by atoms with Crippen LogP contribution in [0.3, 0.4) is 0 Å². The maximum atomic E-state index is 13.0. The van der Waals surface area contributed by atoms with Crippen molar-refractivity contribution in [3.63, 3.8) is 0 Å². The molecule has 1 saturated heterocycles. The van der Waals surface area contributed by atoms with E-state index in [1.54, 1.807) is 0 Å². The molecule has 0 N–H and O–H groups in total. The smallest absolute Gasteiger partial charge is 0.355 e. The second kappa shape index (κ2) is 5.23. The number of halogens is 1. The normalized spacial score (nSPS) is 23.0. The highest BCUT2D eigenvalue weighted by Crippen LogP contribution is 2.35. The second-order valence-electron chi connectivity index (χ2n) is 4.79. The summed E-state index contributed by atoms with van der Waals surface area (Å²) in [4.78, 5) is 48.3. The molecule has 2 aliphatic rings. The number of carbonyl (C=O) groups excluding carboxylic acids is 3. The van der Waals surface area contributed by atoms with E-state index >= 15 is 0 Å². The number of fused-ring (bicyclic) bond motifs is 1. The van der Waals surface area contributed by atoms with Gasteiger partial charge < -0.3 is 4.74 Å². The second-order valence-corrected chi connectivity index (χ2v) is 4.79. The molecule has 9 nitrogen and oxygen atoms in total. The molecule has 3 rings (SSSR count). The highest BCUT2D eigenvalue weighted by Gasteiger charge is 2.59. The lowest BCUT2D eigenvalue weighted by molar-refractivity contribution is -0.133. The summed E-state index contributed by atoms with van der Waals surface area (Å²) in [6.45, 7) is 0. The van der Waals surface area contributed by atoms with Gasteiger partial charge >= 0.3 is 5.97 Å². The number of esters is 1. The fourth-order valence-electron chi connectivity index (χ4n) is 2.58. The number of imide groups is 1. The molecule has 10 heteroatoms. The lowest BCUT2D eigenvalue weighted by atomic mass is 9.98. The van der Waals surface area contributed by atoms with Crippen LogP contribution in [0.4, 0.5) is 10.1 Å². The number of nitroso groups, excluding NO2 is 1. The minimum absolute atomic E-state index is 0.117. The van der Waals surface area contributed by atoms with Crippen molar-refractivity contribution in [1.82, 2.24) is 5.12 Å². The highest BCUT2D eigenvalue weighted by molar-refractivity contribution is 6.46. The van der Waals surface area contributed by atoms with Crippen LogP contribution in [-0.2, 0) is 19.1 Å². The van der Waals surface area contributed by atoms with Crippen LogP contribution in [0.5, 0.6) is 0 Å². The molecule has 2 heterocycles. The minimum Gasteiger partial charge on any atom is -0.464 e. The number of hydrogen-bond acceptors (Lipinski definition) is 7. The number of methoxy groups -OCH3 is 1. The Labute approximate surface area is 128 Å². The molecule has 1 aromatic rings. The number of ether oxygens (including phenoxy) is 1. The summed E-state index contributed by atoms with van der Waals surface area (Å²) in [7, 11) is 1.08. The van der Waals surface area contributed by atoms with Crippen LogP contribution in [0.15, 0.2) is 34.7 Å². The molecule has 2 atom stereocenters. The number of anilines is 1. The summed E-state index contributed by atoms with van der Waals surface area (Å²) in [5.41, 5.74) is -0.258. The Kier molecular flexibility index (Phi) is 3.36. The molecule has 2 aliphatic heterocycles. The molecule has 0 bridgehead atoms. The third-order valence-corrected chi connectivity index (χ3v) is 3.59. The summed E-state index contributed by atoms with van der Waals surface area (Å²) < 4.78 is 17.5. The summed E-state index contributed by atoms with van der Waals surface area (Å²) >= 11 is 0. The maximum absolute atomic E-state index is 13.0. The number of nitrogens with zero attached hydrogens (tertiary/aromatic N) is 4. The molecule has 0 radical (unpaired) electrons. The van der Waals surface area contributed by atoms with E-state index in [0.29, 0.717) is 5.12 Å². The first-order valence-corrected chi connectivity index (χ1v) is 6.42. The molecule has 0 unspecified atom stereocenters. The standard InChI is InChI=1S/C13H9FN4O5/c1-23-13(21)9-8-10(18(15-9)16-22)12(20)17(11(8)19)7-4-2-6(14)3-5-7/h2-5,8,10H,1H3/t8-,10+/m0/s1. The Morgan fingerprint density at radius 2 is 1.91 bits per heavy atom. The largest absolute Gasteiger partial charge is 0.464 e. The fourth-order valence-corrected chi connectivity index (χ4v) is 2.58. The average Bonchev–Trinajstić information content (AvgIpc) is 3.05. The zero-order chi connectivity index (χ0) is 16.7. The number of hydrazone groups is 1. The number of hydrogen-bond donors (Lipinski definition) is 0. The van der Waals surface area contributed by atoms with E-state index in [2.05, 4.69) is 15.1 Å². The van der Waals surface area contributed by atoms with Gasteiger partial charge in [-0.2, -0.15) is 0 Å². The first-order valence-electron chi connectivity index (χ1n) is 6.42. The van der Waals surface area contributed by atoms with Crippen molar-refractivity contribution in [2.75, 3.05) is 12.0 Å². The van der Waals surface area contributed by atoms with Gasteiger partial charge in [-0.3, -0.25) is 9.59 Å². The van der Waals surface area contributed by atoms with Crippen LogP contribution < -0.4 is 4.90 Å². The summed E-state index contributed by atoms with van der Waals surface area (Å²) in [5, 5.41) is 6.60. The van der Waals surface area contributed by atoms with Gasteiger partial charge in [0.15, 0.2) is 11.8 Å². The SMILES string of the molecule is COC(=O)C1=NN(N=O)[C@H]2C(=O)N(c3ccc(F)cc3)C(=O)[C@@H]12. The lowest BCUT2D eigenvalue weighted by Crippen LogP contribution is -2.36. The van der Waals surface area contributed by atoms with Crippen molar-refractivity contribution in [2.45, 2.75) is 6.04 Å². The van der Waals surface area contributed by atoms with Crippen LogP contribution in [-0.4, -0.2) is 41.8 Å². The minimum atomic E-state index is -1.35. The molecule has 1 fully saturated rings. The van der Waals surface area contributed by atoms with Gasteiger partial charge in [-0.25, -0.2) is 14.1 Å². The van der Waals surface area contributed by atoms with E-state index in [4.69, 9.17) is 0 Å². The van der Waals surface area contributed by atoms with Crippen LogP contribution in [0.2, 0.25) is 0 Å². The molecular formula is C13H9FN4O5. The molecule has 1 aromatic carbocycles. The summed E-state index contributed by atoms with van der Waals surface area (Å²) in [6, 6.07) is 3.28. The van der Waals surface area contributed by atoms with Crippen molar-refractivity contribution in [2.24, 2.45) is 16.3 Å². The van der Waals surface area contributed by atoms with Crippen LogP contribution in [0.25, 0.3) is 0 Å². The predicted molar refractivity (Wildman–Crippen MR) is 73.3 cm³/mol. The number of rotatable bonds is 3. The van der Waals surface area contributed by atoms with Crippen molar-refractivity contribution in [3.05, 3.63) is 35.0 Å². The van der Waals surface area contributed by atoms with Gasteiger partial charge in [0.05, 0.1) is 18.1 Å². The molecule has 0 aliphatic carbocycles. The molecule has 118 valence electrons. The lowest BCUT2D eigenvalue weighted by Gasteiger charge is -2.16. The third kappa shape index (κ3) is 2.06. The molecule has 0 aromatic heterocycles. The highest BCUT2D eigenvalue weighted by atomic mass is 19.1. The van der Waals surface area contributed by atoms with E-state index in [1.807, 2.05) is 0 Å². The van der Waals surface area contributed by atoms with Crippen molar-refractivity contribution < 1.29 is 23.5 Å².